The number of hydrogen-bond acceptors (Lipinski definition) is 3. The van der Waals surface area contributed by atoms with Gasteiger partial charge in [-0.15, -0.1) is 5.10 Å². The number of halogens is 2. The summed E-state index contributed by atoms with van der Waals surface area (Å²) in [7, 11) is 0. The topological polar surface area (TPSA) is 64.3 Å². The zero-order chi connectivity index (χ0) is 16.4. The van der Waals surface area contributed by atoms with Gasteiger partial charge in [0.15, 0.2) is 0 Å². The third kappa shape index (κ3) is 3.47. The fraction of sp³-hybridized carbons (Fsp3) is 0. The molecule has 0 amide bonds. The number of carbonyl (C=O) groups is 1. The predicted molar refractivity (Wildman–Crippen MR) is 87.7 cm³/mol. The zero-order valence-corrected chi connectivity index (χ0v) is 13.1. The van der Waals surface area contributed by atoms with Gasteiger partial charge in [-0.25, -0.2) is 9.48 Å². The molecule has 0 atom stereocenters. The molecule has 1 N–H and O–H groups in total. The summed E-state index contributed by atoms with van der Waals surface area (Å²) >= 11 is 11.9. The molecule has 116 valence electrons. The van der Waals surface area contributed by atoms with Crippen LogP contribution in [0.15, 0.2) is 54.6 Å². The molecule has 23 heavy (non-hydrogen) atoms. The van der Waals surface area contributed by atoms with E-state index in [9.17, 15) is 4.79 Å². The molecule has 0 unspecified atom stereocenters. The van der Waals surface area contributed by atoms with E-state index in [4.69, 9.17) is 28.3 Å². The first kappa shape index (κ1) is 15.4. The van der Waals surface area contributed by atoms with Crippen molar-refractivity contribution in [3.8, 4) is 22.8 Å². The molecule has 1 heterocycles. The Kier molecular flexibility index (Phi) is 4.23. The van der Waals surface area contributed by atoms with Crippen LogP contribution in [-0.2, 0) is 0 Å². The summed E-state index contributed by atoms with van der Waals surface area (Å²) < 4.78 is 6.22. The quantitative estimate of drug-likeness (QED) is 0.683. The van der Waals surface area contributed by atoms with Gasteiger partial charge in [0.05, 0.1) is 11.4 Å². The molecule has 0 fully saturated rings. The maximum Gasteiger partial charge on any atom is 0.512 e. The first-order valence-corrected chi connectivity index (χ1v) is 7.31. The fourth-order valence-corrected chi connectivity index (χ4v) is 2.44. The van der Waals surface area contributed by atoms with E-state index in [1.54, 1.807) is 35.0 Å². The molecule has 3 aromatic rings. The molecule has 1 aromatic heterocycles. The van der Waals surface area contributed by atoms with E-state index in [1.165, 1.54) is 6.07 Å². The summed E-state index contributed by atoms with van der Waals surface area (Å²) in [5.74, 6) is -0.0255. The number of nitrogens with zero attached hydrogens (tertiary/aromatic N) is 2. The highest BCUT2D eigenvalue weighted by atomic mass is 35.5. The Balaban J connectivity index is 2.14. The SMILES string of the molecule is O=C(O)Oc1cc(-c2ccc(Cl)cc2)n(-c2cccc(Cl)c2)n1. The first-order chi connectivity index (χ1) is 11.0. The molecular formula is C16H10Cl2N2O3. The van der Waals surface area contributed by atoms with Gasteiger partial charge in [-0.05, 0) is 30.3 Å². The van der Waals surface area contributed by atoms with Gasteiger partial charge in [-0.1, -0.05) is 41.4 Å². The lowest BCUT2D eigenvalue weighted by atomic mass is 10.1. The average molecular weight is 349 g/mol. The maximum absolute atomic E-state index is 10.8. The molecule has 0 saturated carbocycles. The Morgan fingerprint density at radius 3 is 2.43 bits per heavy atom. The summed E-state index contributed by atoms with van der Waals surface area (Å²) in [6.07, 6.45) is -1.43. The lowest BCUT2D eigenvalue weighted by molar-refractivity contribution is 0.142. The zero-order valence-electron chi connectivity index (χ0n) is 11.6. The predicted octanol–water partition coefficient (Wildman–Crippen LogP) is 4.90. The van der Waals surface area contributed by atoms with Gasteiger partial charge >= 0.3 is 6.16 Å². The minimum absolute atomic E-state index is 0.0255. The summed E-state index contributed by atoms with van der Waals surface area (Å²) in [6.45, 7) is 0. The molecule has 5 nitrogen and oxygen atoms in total. The van der Waals surface area contributed by atoms with Gasteiger partial charge in [0.25, 0.3) is 0 Å². The average Bonchev–Trinajstić information content (AvgIpc) is 2.91. The smallest absolute Gasteiger partial charge is 0.449 e. The molecule has 2 aromatic carbocycles. The van der Waals surface area contributed by atoms with Crippen molar-refractivity contribution in [2.24, 2.45) is 0 Å². The minimum Gasteiger partial charge on any atom is -0.449 e. The van der Waals surface area contributed by atoms with Crippen LogP contribution in [0.4, 0.5) is 4.79 Å². The highest BCUT2D eigenvalue weighted by Gasteiger charge is 2.15. The van der Waals surface area contributed by atoms with Crippen LogP contribution in [0.3, 0.4) is 0 Å². The van der Waals surface area contributed by atoms with Gasteiger partial charge in [0, 0.05) is 21.7 Å². The van der Waals surface area contributed by atoms with Gasteiger partial charge < -0.3 is 9.84 Å². The van der Waals surface area contributed by atoms with Crippen LogP contribution in [0.1, 0.15) is 0 Å². The third-order valence-corrected chi connectivity index (χ3v) is 3.56. The van der Waals surface area contributed by atoms with E-state index >= 15 is 0 Å². The van der Waals surface area contributed by atoms with Crippen molar-refractivity contribution >= 4 is 29.4 Å². The summed E-state index contributed by atoms with van der Waals surface area (Å²) in [4.78, 5) is 10.8. The Morgan fingerprint density at radius 1 is 1.04 bits per heavy atom. The highest BCUT2D eigenvalue weighted by Crippen LogP contribution is 2.29. The van der Waals surface area contributed by atoms with E-state index in [0.29, 0.717) is 21.4 Å². The van der Waals surface area contributed by atoms with Crippen LogP contribution >= 0.6 is 23.2 Å². The Hall–Kier alpha value is -2.50. The molecule has 0 spiro atoms. The van der Waals surface area contributed by atoms with Crippen LogP contribution < -0.4 is 4.74 Å². The monoisotopic (exact) mass is 348 g/mol. The van der Waals surface area contributed by atoms with Gasteiger partial charge in [0.1, 0.15) is 0 Å². The molecule has 3 rings (SSSR count). The molecular weight excluding hydrogens is 339 g/mol. The second kappa shape index (κ2) is 6.32. The molecule has 0 aliphatic rings. The summed E-state index contributed by atoms with van der Waals surface area (Å²) in [5, 5.41) is 14.1. The van der Waals surface area contributed by atoms with Crippen LogP contribution in [0.25, 0.3) is 16.9 Å². The van der Waals surface area contributed by atoms with Crippen LogP contribution in [0.2, 0.25) is 10.0 Å². The molecule has 0 aliphatic heterocycles. The maximum atomic E-state index is 10.8. The number of ether oxygens (including phenoxy) is 1. The third-order valence-electron chi connectivity index (χ3n) is 3.07. The Labute approximate surface area is 141 Å². The van der Waals surface area contributed by atoms with Crippen LogP contribution in [0.5, 0.6) is 5.88 Å². The molecule has 0 bridgehead atoms. The highest BCUT2D eigenvalue weighted by molar-refractivity contribution is 6.31. The van der Waals surface area contributed by atoms with Crippen molar-refractivity contribution < 1.29 is 14.6 Å². The number of hydrogen-bond donors (Lipinski definition) is 1. The van der Waals surface area contributed by atoms with E-state index in [1.807, 2.05) is 18.2 Å². The van der Waals surface area contributed by atoms with Gasteiger partial charge in [-0.3, -0.25) is 0 Å². The van der Waals surface area contributed by atoms with Gasteiger partial charge in [0.2, 0.25) is 5.88 Å². The molecule has 0 saturated heterocycles. The van der Waals surface area contributed by atoms with E-state index in [0.717, 1.165) is 5.56 Å². The van der Waals surface area contributed by atoms with Crippen molar-refractivity contribution in [3.63, 3.8) is 0 Å². The molecule has 0 radical (unpaired) electrons. The second-order valence-corrected chi connectivity index (χ2v) is 5.51. The molecule has 0 aliphatic carbocycles. The van der Waals surface area contributed by atoms with Gasteiger partial charge in [-0.2, -0.15) is 0 Å². The summed E-state index contributed by atoms with van der Waals surface area (Å²) in [6, 6.07) is 15.7. The van der Waals surface area contributed by atoms with E-state index < -0.39 is 6.16 Å². The number of aromatic nitrogens is 2. The van der Waals surface area contributed by atoms with Crippen LogP contribution in [-0.4, -0.2) is 21.0 Å². The standard InChI is InChI=1S/C16H10Cl2N2O3/c17-11-6-4-10(5-7-11)14-9-15(23-16(21)22)19-20(14)13-3-1-2-12(18)8-13/h1-9H,(H,21,22). The Bertz CT molecular complexity index is 860. The van der Waals surface area contributed by atoms with Crippen molar-refractivity contribution in [2.75, 3.05) is 0 Å². The second-order valence-electron chi connectivity index (χ2n) is 4.63. The van der Waals surface area contributed by atoms with Crippen molar-refractivity contribution in [2.45, 2.75) is 0 Å². The number of benzene rings is 2. The minimum atomic E-state index is -1.43. The largest absolute Gasteiger partial charge is 0.512 e. The van der Waals surface area contributed by atoms with E-state index in [-0.39, 0.29) is 5.88 Å². The lowest BCUT2D eigenvalue weighted by Gasteiger charge is -2.07. The van der Waals surface area contributed by atoms with Crippen molar-refractivity contribution in [1.82, 2.24) is 9.78 Å². The van der Waals surface area contributed by atoms with Crippen LogP contribution in [0, 0.1) is 0 Å². The summed E-state index contributed by atoms with van der Waals surface area (Å²) in [5.41, 5.74) is 2.14. The normalized spacial score (nSPS) is 10.5. The lowest BCUT2D eigenvalue weighted by Crippen LogP contribution is -2.04. The molecule has 7 heteroatoms. The van der Waals surface area contributed by atoms with E-state index in [2.05, 4.69) is 9.84 Å². The van der Waals surface area contributed by atoms with Crippen molar-refractivity contribution in [1.29, 1.82) is 0 Å². The fourth-order valence-electron chi connectivity index (χ4n) is 2.13. The number of carboxylic acid groups (broad SMARTS) is 1. The number of rotatable bonds is 3. The Morgan fingerprint density at radius 2 is 1.78 bits per heavy atom. The first-order valence-electron chi connectivity index (χ1n) is 6.55. The van der Waals surface area contributed by atoms with Crippen molar-refractivity contribution in [3.05, 3.63) is 64.6 Å².